The molecular formula is C18H22N6O. The molecular weight excluding hydrogens is 316 g/mol. The molecule has 1 saturated heterocycles. The van der Waals surface area contributed by atoms with Gasteiger partial charge in [-0.3, -0.25) is 5.32 Å². The number of anilines is 1. The third-order valence-corrected chi connectivity index (χ3v) is 4.91. The highest BCUT2D eigenvalue weighted by Crippen LogP contribution is 2.42. The fourth-order valence-electron chi connectivity index (χ4n) is 3.91. The molecule has 0 aromatic carbocycles. The predicted octanol–water partition coefficient (Wildman–Crippen LogP) is 2.23. The fourth-order valence-corrected chi connectivity index (χ4v) is 3.91. The largest absolute Gasteiger partial charge is 0.323 e. The van der Waals surface area contributed by atoms with Crippen LogP contribution in [0.25, 0.3) is 0 Å². The van der Waals surface area contributed by atoms with Crippen molar-refractivity contribution in [1.82, 2.24) is 24.8 Å². The highest BCUT2D eigenvalue weighted by Gasteiger charge is 2.43. The number of pyridine rings is 1. The van der Waals surface area contributed by atoms with Gasteiger partial charge in [0.1, 0.15) is 12.1 Å². The lowest BCUT2D eigenvalue weighted by Crippen LogP contribution is -2.44. The first-order chi connectivity index (χ1) is 12.1. The molecule has 2 bridgehead atoms. The Kier molecular flexibility index (Phi) is 4.09. The molecule has 2 aromatic heterocycles. The molecule has 2 aliphatic heterocycles. The summed E-state index contributed by atoms with van der Waals surface area (Å²) in [5.74, 6) is 0.596. The molecule has 0 spiro atoms. The van der Waals surface area contributed by atoms with Crippen LogP contribution in [-0.2, 0) is 13.0 Å². The molecule has 7 heteroatoms. The average Bonchev–Trinajstić information content (AvgIpc) is 2.90. The quantitative estimate of drug-likeness (QED) is 0.929. The maximum Gasteiger partial charge on any atom is 0.323 e. The molecule has 130 valence electrons. The van der Waals surface area contributed by atoms with Crippen molar-refractivity contribution in [3.63, 3.8) is 0 Å². The number of urea groups is 1. The third-order valence-electron chi connectivity index (χ3n) is 4.91. The monoisotopic (exact) mass is 338 g/mol. The van der Waals surface area contributed by atoms with Crippen molar-refractivity contribution in [2.45, 2.75) is 37.9 Å². The highest BCUT2D eigenvalue weighted by atomic mass is 16.2. The lowest BCUT2D eigenvalue weighted by atomic mass is 10.00. The van der Waals surface area contributed by atoms with Crippen molar-refractivity contribution in [2.24, 2.45) is 0 Å². The Hall–Kier alpha value is -2.54. The van der Waals surface area contributed by atoms with Gasteiger partial charge in [-0.15, -0.1) is 0 Å². The molecule has 7 nitrogen and oxygen atoms in total. The van der Waals surface area contributed by atoms with E-state index in [0.717, 1.165) is 42.6 Å². The SMILES string of the molecule is CN(C)Cc1ccnc(NC(=O)N2C3CCC2c2cncnc2C3)c1. The summed E-state index contributed by atoms with van der Waals surface area (Å²) in [6.07, 6.45) is 7.95. The van der Waals surface area contributed by atoms with E-state index in [1.165, 1.54) is 0 Å². The van der Waals surface area contributed by atoms with Crippen LogP contribution < -0.4 is 5.32 Å². The van der Waals surface area contributed by atoms with E-state index in [-0.39, 0.29) is 18.1 Å². The van der Waals surface area contributed by atoms with Crippen molar-refractivity contribution in [3.05, 3.63) is 47.7 Å². The summed E-state index contributed by atoms with van der Waals surface area (Å²) < 4.78 is 0. The lowest BCUT2D eigenvalue weighted by Gasteiger charge is -2.35. The summed E-state index contributed by atoms with van der Waals surface area (Å²) in [5, 5.41) is 2.97. The van der Waals surface area contributed by atoms with Crippen LogP contribution in [-0.4, -0.2) is 50.9 Å². The van der Waals surface area contributed by atoms with Crippen molar-refractivity contribution < 1.29 is 4.79 Å². The van der Waals surface area contributed by atoms with Crippen LogP contribution in [0.5, 0.6) is 0 Å². The Balaban J connectivity index is 1.53. The van der Waals surface area contributed by atoms with E-state index < -0.39 is 0 Å². The number of nitrogens with one attached hydrogen (secondary N) is 1. The molecule has 1 fully saturated rings. The molecule has 2 atom stereocenters. The second-order valence-corrected chi connectivity index (χ2v) is 7.00. The second kappa shape index (κ2) is 6.40. The van der Waals surface area contributed by atoms with E-state index in [1.54, 1.807) is 12.5 Å². The average molecular weight is 338 g/mol. The zero-order chi connectivity index (χ0) is 17.4. The zero-order valence-electron chi connectivity index (χ0n) is 14.5. The van der Waals surface area contributed by atoms with Crippen LogP contribution in [0.4, 0.5) is 10.6 Å². The van der Waals surface area contributed by atoms with E-state index >= 15 is 0 Å². The zero-order valence-corrected chi connectivity index (χ0v) is 14.5. The first-order valence-corrected chi connectivity index (χ1v) is 8.59. The number of hydrogen-bond acceptors (Lipinski definition) is 5. The van der Waals surface area contributed by atoms with E-state index in [4.69, 9.17) is 0 Å². The van der Waals surface area contributed by atoms with Gasteiger partial charge in [0.15, 0.2) is 0 Å². The standard InChI is InChI=1S/C18H22N6O/c1-23(2)10-12-5-6-20-17(7-12)22-18(25)24-13-3-4-16(24)14-9-19-11-21-15(14)8-13/h5-7,9,11,13,16H,3-4,8,10H2,1-2H3,(H,20,22,25). The molecule has 2 amide bonds. The van der Waals surface area contributed by atoms with Crippen LogP contribution in [0.3, 0.4) is 0 Å². The fraction of sp³-hybridized carbons (Fsp3) is 0.444. The normalized spacial score (nSPS) is 21.3. The van der Waals surface area contributed by atoms with E-state index in [1.807, 2.05) is 37.3 Å². The lowest BCUT2D eigenvalue weighted by molar-refractivity contribution is 0.178. The van der Waals surface area contributed by atoms with Gasteiger partial charge in [-0.05, 0) is 44.6 Å². The molecule has 0 saturated carbocycles. The van der Waals surface area contributed by atoms with E-state index in [9.17, 15) is 4.79 Å². The summed E-state index contributed by atoms with van der Waals surface area (Å²) in [4.78, 5) is 29.8. The number of carbonyl (C=O) groups is 1. The molecule has 1 N–H and O–H groups in total. The van der Waals surface area contributed by atoms with Gasteiger partial charge in [-0.25, -0.2) is 19.7 Å². The number of fused-ring (bicyclic) bond motifs is 4. The van der Waals surface area contributed by atoms with Crippen LogP contribution in [0.2, 0.25) is 0 Å². The Labute approximate surface area is 147 Å². The Morgan fingerprint density at radius 2 is 2.24 bits per heavy atom. The summed E-state index contributed by atoms with van der Waals surface area (Å²) >= 11 is 0. The second-order valence-electron chi connectivity index (χ2n) is 7.00. The maximum absolute atomic E-state index is 12.9. The van der Waals surface area contributed by atoms with Crippen LogP contribution in [0.15, 0.2) is 30.9 Å². The Bertz CT molecular complexity index is 793. The van der Waals surface area contributed by atoms with Crippen molar-refractivity contribution >= 4 is 11.8 Å². The smallest absolute Gasteiger partial charge is 0.314 e. The number of carbonyl (C=O) groups excluding carboxylic acids is 1. The number of aromatic nitrogens is 3. The number of amides is 2. The van der Waals surface area contributed by atoms with E-state index in [2.05, 4.69) is 25.2 Å². The van der Waals surface area contributed by atoms with Gasteiger partial charge in [0.2, 0.25) is 0 Å². The minimum Gasteiger partial charge on any atom is -0.314 e. The minimum absolute atomic E-state index is 0.0694. The molecule has 0 radical (unpaired) electrons. The maximum atomic E-state index is 12.9. The van der Waals surface area contributed by atoms with Crippen LogP contribution >= 0.6 is 0 Å². The molecule has 4 heterocycles. The molecule has 2 unspecified atom stereocenters. The van der Waals surface area contributed by atoms with Gasteiger partial charge in [-0.1, -0.05) is 0 Å². The number of hydrogen-bond donors (Lipinski definition) is 1. The molecule has 4 rings (SSSR count). The molecule has 2 aromatic rings. The Morgan fingerprint density at radius 1 is 1.36 bits per heavy atom. The highest BCUT2D eigenvalue weighted by molar-refractivity contribution is 5.89. The van der Waals surface area contributed by atoms with Gasteiger partial charge in [-0.2, -0.15) is 0 Å². The first-order valence-electron chi connectivity index (χ1n) is 8.59. The predicted molar refractivity (Wildman–Crippen MR) is 94.0 cm³/mol. The Morgan fingerprint density at radius 3 is 3.08 bits per heavy atom. The van der Waals surface area contributed by atoms with E-state index in [0.29, 0.717) is 5.82 Å². The van der Waals surface area contributed by atoms with Crippen molar-refractivity contribution in [1.29, 1.82) is 0 Å². The minimum atomic E-state index is -0.0866. The summed E-state index contributed by atoms with van der Waals surface area (Å²) in [6.45, 7) is 0.811. The molecule has 2 aliphatic rings. The third kappa shape index (κ3) is 3.07. The van der Waals surface area contributed by atoms with Crippen molar-refractivity contribution in [2.75, 3.05) is 19.4 Å². The summed E-state index contributed by atoms with van der Waals surface area (Å²) in [7, 11) is 4.03. The van der Waals surface area contributed by atoms with Crippen LogP contribution in [0, 0.1) is 0 Å². The summed E-state index contributed by atoms with van der Waals surface area (Å²) in [6, 6.07) is 4.09. The van der Waals surface area contributed by atoms with Gasteiger partial charge in [0.05, 0.1) is 11.7 Å². The molecule has 25 heavy (non-hydrogen) atoms. The van der Waals surface area contributed by atoms with Crippen molar-refractivity contribution in [3.8, 4) is 0 Å². The summed E-state index contributed by atoms with van der Waals surface area (Å²) in [5.41, 5.74) is 3.29. The van der Waals surface area contributed by atoms with Crippen LogP contribution in [0.1, 0.15) is 35.7 Å². The first kappa shape index (κ1) is 16.0. The van der Waals surface area contributed by atoms with Gasteiger partial charge in [0, 0.05) is 37.0 Å². The number of nitrogens with zero attached hydrogens (tertiary/aromatic N) is 5. The molecule has 0 aliphatic carbocycles. The van der Waals surface area contributed by atoms with Gasteiger partial charge >= 0.3 is 6.03 Å². The number of rotatable bonds is 3. The van der Waals surface area contributed by atoms with Gasteiger partial charge in [0.25, 0.3) is 0 Å². The topological polar surface area (TPSA) is 74.2 Å². The van der Waals surface area contributed by atoms with Gasteiger partial charge < -0.3 is 9.80 Å².